The third-order valence-corrected chi connectivity index (χ3v) is 4.22. The Hall–Kier alpha value is -0.970. The van der Waals surface area contributed by atoms with E-state index in [2.05, 4.69) is 36.5 Å². The van der Waals surface area contributed by atoms with Crippen LogP contribution in [0.5, 0.6) is 0 Å². The molecular formula is C18H30BrIN4O3. The highest BCUT2D eigenvalue weighted by atomic mass is 127. The van der Waals surface area contributed by atoms with E-state index in [0.717, 1.165) is 48.9 Å². The molecule has 0 bridgehead atoms. The molecule has 0 saturated carbocycles. The second-order valence-electron chi connectivity index (χ2n) is 7.27. The van der Waals surface area contributed by atoms with E-state index in [0.29, 0.717) is 6.54 Å². The van der Waals surface area contributed by atoms with Crippen molar-refractivity contribution >= 4 is 52.0 Å². The number of rotatable bonds is 5. The molecule has 1 aliphatic heterocycles. The molecule has 0 aromatic carbocycles. The number of carbonyl (C=O) groups excluding carboxylic acids is 1. The van der Waals surface area contributed by atoms with Gasteiger partial charge in [0.1, 0.15) is 11.4 Å². The van der Waals surface area contributed by atoms with Crippen LogP contribution in [0.15, 0.2) is 26.2 Å². The molecule has 1 saturated heterocycles. The van der Waals surface area contributed by atoms with Gasteiger partial charge in [-0.1, -0.05) is 0 Å². The van der Waals surface area contributed by atoms with Gasteiger partial charge in [0, 0.05) is 32.6 Å². The van der Waals surface area contributed by atoms with Crippen LogP contribution in [0.25, 0.3) is 0 Å². The number of likely N-dealkylation sites (tertiary alicyclic amines) is 1. The minimum absolute atomic E-state index is 0. The average molecular weight is 557 g/mol. The summed E-state index contributed by atoms with van der Waals surface area (Å²) in [7, 11) is 0. The highest BCUT2D eigenvalue weighted by Crippen LogP contribution is 2.15. The zero-order valence-electron chi connectivity index (χ0n) is 16.4. The van der Waals surface area contributed by atoms with Crippen molar-refractivity contribution in [3.8, 4) is 0 Å². The number of furan rings is 1. The van der Waals surface area contributed by atoms with Gasteiger partial charge in [0.2, 0.25) is 0 Å². The van der Waals surface area contributed by atoms with Gasteiger partial charge in [-0.15, -0.1) is 24.0 Å². The van der Waals surface area contributed by atoms with Gasteiger partial charge >= 0.3 is 6.09 Å². The van der Waals surface area contributed by atoms with Crippen molar-refractivity contribution in [2.45, 2.75) is 52.2 Å². The van der Waals surface area contributed by atoms with Crippen molar-refractivity contribution < 1.29 is 13.9 Å². The zero-order chi connectivity index (χ0) is 19.2. The van der Waals surface area contributed by atoms with E-state index in [9.17, 15) is 4.79 Å². The third-order valence-electron chi connectivity index (χ3n) is 3.79. The first kappa shape index (κ1) is 24.1. The number of guanidine groups is 1. The quantitative estimate of drug-likeness (QED) is 0.328. The summed E-state index contributed by atoms with van der Waals surface area (Å²) < 4.78 is 11.6. The van der Waals surface area contributed by atoms with Gasteiger partial charge in [-0.2, -0.15) is 0 Å². The van der Waals surface area contributed by atoms with E-state index in [4.69, 9.17) is 9.15 Å². The SMILES string of the molecule is CCNC(=NCCc1ccc(Br)o1)N1CC[C@@H](NC(=O)OC(C)(C)C)C1.I. The van der Waals surface area contributed by atoms with Crippen LogP contribution in [-0.2, 0) is 11.2 Å². The average Bonchev–Trinajstić information content (AvgIpc) is 3.13. The first-order chi connectivity index (χ1) is 12.3. The van der Waals surface area contributed by atoms with E-state index in [-0.39, 0.29) is 36.1 Å². The lowest BCUT2D eigenvalue weighted by atomic mass is 10.2. The van der Waals surface area contributed by atoms with E-state index in [1.807, 2.05) is 39.8 Å². The second kappa shape index (κ2) is 11.1. The van der Waals surface area contributed by atoms with Gasteiger partial charge in [0.15, 0.2) is 10.6 Å². The molecule has 1 fully saturated rings. The Bertz CT molecular complexity index is 630. The molecule has 7 nitrogen and oxygen atoms in total. The topological polar surface area (TPSA) is 79.1 Å². The van der Waals surface area contributed by atoms with Gasteiger partial charge in [-0.3, -0.25) is 4.99 Å². The molecule has 0 radical (unpaired) electrons. The van der Waals surface area contributed by atoms with Crippen LogP contribution in [0.2, 0.25) is 0 Å². The molecule has 154 valence electrons. The van der Waals surface area contributed by atoms with E-state index >= 15 is 0 Å². The molecule has 2 N–H and O–H groups in total. The summed E-state index contributed by atoms with van der Waals surface area (Å²) >= 11 is 3.31. The van der Waals surface area contributed by atoms with Gasteiger partial charge < -0.3 is 24.7 Å². The minimum Gasteiger partial charge on any atom is -0.454 e. The van der Waals surface area contributed by atoms with Gasteiger partial charge in [-0.25, -0.2) is 4.79 Å². The molecule has 2 heterocycles. The molecule has 1 aliphatic rings. The standard InChI is InChI=1S/C18H29BrN4O3.HI/c1-5-20-16(21-10-8-14-6-7-15(19)25-14)23-11-9-13(12-23)22-17(24)26-18(2,3)4;/h6-7,13H,5,8-12H2,1-4H3,(H,20,21)(H,22,24);1H/t13-;/m1./s1. The number of hydrogen-bond acceptors (Lipinski definition) is 4. The second-order valence-corrected chi connectivity index (χ2v) is 8.05. The summed E-state index contributed by atoms with van der Waals surface area (Å²) in [6, 6.07) is 3.90. The van der Waals surface area contributed by atoms with Crippen molar-refractivity contribution in [3.05, 3.63) is 22.6 Å². The molecule has 0 spiro atoms. The number of alkyl carbamates (subject to hydrolysis) is 1. The normalized spacial score (nSPS) is 17.4. The Balaban J connectivity index is 0.00000364. The summed E-state index contributed by atoms with van der Waals surface area (Å²) in [6.45, 7) is 10.6. The maximum absolute atomic E-state index is 11.9. The predicted octanol–water partition coefficient (Wildman–Crippen LogP) is 3.77. The number of nitrogens with one attached hydrogen (secondary N) is 2. The van der Waals surface area contributed by atoms with Crippen LogP contribution in [0.1, 0.15) is 39.9 Å². The van der Waals surface area contributed by atoms with Gasteiger partial charge in [-0.05, 0) is 62.2 Å². The lowest BCUT2D eigenvalue weighted by Gasteiger charge is -2.23. The molecular weight excluding hydrogens is 527 g/mol. The number of carbonyl (C=O) groups is 1. The van der Waals surface area contributed by atoms with Gasteiger partial charge in [0.25, 0.3) is 0 Å². The minimum atomic E-state index is -0.487. The molecule has 0 unspecified atom stereocenters. The maximum Gasteiger partial charge on any atom is 0.407 e. The molecule has 0 aliphatic carbocycles. The number of aliphatic imine (C=N–C) groups is 1. The first-order valence-electron chi connectivity index (χ1n) is 9.04. The van der Waals surface area contributed by atoms with E-state index in [1.54, 1.807) is 0 Å². The molecule has 27 heavy (non-hydrogen) atoms. The molecule has 1 aromatic heterocycles. The highest BCUT2D eigenvalue weighted by molar-refractivity contribution is 14.0. The number of nitrogens with zero attached hydrogens (tertiary/aromatic N) is 2. The summed E-state index contributed by atoms with van der Waals surface area (Å²) in [5, 5.41) is 6.26. The Morgan fingerprint density at radius 2 is 2.19 bits per heavy atom. The number of halogens is 2. The smallest absolute Gasteiger partial charge is 0.407 e. The van der Waals surface area contributed by atoms with Gasteiger partial charge in [0.05, 0.1) is 6.04 Å². The van der Waals surface area contributed by atoms with Crippen LogP contribution < -0.4 is 10.6 Å². The lowest BCUT2D eigenvalue weighted by Crippen LogP contribution is -2.44. The number of amides is 1. The Kier molecular flexibility index (Phi) is 9.92. The fourth-order valence-corrected chi connectivity index (χ4v) is 3.07. The summed E-state index contributed by atoms with van der Waals surface area (Å²) in [5.74, 6) is 1.77. The first-order valence-corrected chi connectivity index (χ1v) is 9.83. The van der Waals surface area contributed by atoms with Crippen molar-refractivity contribution in [1.82, 2.24) is 15.5 Å². The van der Waals surface area contributed by atoms with Crippen LogP contribution in [0, 0.1) is 0 Å². The lowest BCUT2D eigenvalue weighted by molar-refractivity contribution is 0.0507. The van der Waals surface area contributed by atoms with Crippen molar-refractivity contribution in [2.24, 2.45) is 4.99 Å². The molecule has 1 aromatic rings. The largest absolute Gasteiger partial charge is 0.454 e. The Morgan fingerprint density at radius 1 is 1.44 bits per heavy atom. The van der Waals surface area contributed by atoms with E-state index in [1.165, 1.54) is 0 Å². The van der Waals surface area contributed by atoms with Crippen LogP contribution >= 0.6 is 39.9 Å². The highest BCUT2D eigenvalue weighted by Gasteiger charge is 2.27. The van der Waals surface area contributed by atoms with Crippen LogP contribution in [0.3, 0.4) is 0 Å². The van der Waals surface area contributed by atoms with Crippen LogP contribution in [0.4, 0.5) is 4.79 Å². The fraction of sp³-hybridized carbons (Fsp3) is 0.667. The molecule has 1 atom stereocenters. The fourth-order valence-electron chi connectivity index (χ4n) is 2.73. The Morgan fingerprint density at radius 3 is 2.78 bits per heavy atom. The third kappa shape index (κ3) is 8.71. The van der Waals surface area contributed by atoms with E-state index < -0.39 is 5.60 Å². The Labute approximate surface area is 186 Å². The molecule has 9 heteroatoms. The monoisotopic (exact) mass is 556 g/mol. The van der Waals surface area contributed by atoms with Crippen molar-refractivity contribution in [2.75, 3.05) is 26.2 Å². The van der Waals surface area contributed by atoms with Crippen molar-refractivity contribution in [1.29, 1.82) is 0 Å². The molecule has 1 amide bonds. The maximum atomic E-state index is 11.9. The predicted molar refractivity (Wildman–Crippen MR) is 121 cm³/mol. The summed E-state index contributed by atoms with van der Waals surface area (Å²) in [6.07, 6.45) is 1.25. The zero-order valence-corrected chi connectivity index (χ0v) is 20.3. The van der Waals surface area contributed by atoms with Crippen molar-refractivity contribution in [3.63, 3.8) is 0 Å². The number of hydrogen-bond donors (Lipinski definition) is 2. The summed E-state index contributed by atoms with van der Waals surface area (Å²) in [5.41, 5.74) is -0.487. The number of ether oxygens (including phenoxy) is 1. The summed E-state index contributed by atoms with van der Waals surface area (Å²) in [4.78, 5) is 18.8. The molecule has 2 rings (SSSR count). The van der Waals surface area contributed by atoms with Crippen LogP contribution in [-0.4, -0.2) is 54.8 Å².